The topological polar surface area (TPSA) is 82.0 Å². The van der Waals surface area contributed by atoms with Gasteiger partial charge in [0.25, 0.3) is 0 Å². The lowest BCUT2D eigenvalue weighted by Crippen LogP contribution is -2.18. The van der Waals surface area contributed by atoms with E-state index in [0.717, 1.165) is 5.56 Å². The number of hydrogen-bond donors (Lipinski definition) is 2. The van der Waals surface area contributed by atoms with E-state index in [9.17, 15) is 13.7 Å². The smallest absolute Gasteiger partial charge is 0.240 e. The average Bonchev–Trinajstić information content (AvgIpc) is 2.53. The number of benzene rings is 2. The third kappa shape index (κ3) is 3.60. The molecule has 0 radical (unpaired) electrons. The molecule has 0 heterocycles. The van der Waals surface area contributed by atoms with Crippen LogP contribution in [0, 0.1) is 11.3 Å². The van der Waals surface area contributed by atoms with Gasteiger partial charge in [0.2, 0.25) is 10.0 Å². The minimum atomic E-state index is -3.54. The van der Waals surface area contributed by atoms with Gasteiger partial charge in [-0.2, -0.15) is 5.26 Å². The summed E-state index contributed by atoms with van der Waals surface area (Å²) in [6.07, 6.45) is 0. The minimum absolute atomic E-state index is 0.0758. The van der Waals surface area contributed by atoms with Gasteiger partial charge in [-0.3, -0.25) is 0 Å². The Morgan fingerprint density at radius 1 is 1.14 bits per heavy atom. The van der Waals surface area contributed by atoms with E-state index in [1.807, 2.05) is 36.4 Å². The number of anilines is 1. The number of rotatable bonds is 5. The van der Waals surface area contributed by atoms with E-state index in [1.54, 1.807) is 6.07 Å². The first-order valence-corrected chi connectivity index (χ1v) is 7.80. The van der Waals surface area contributed by atoms with Crippen LogP contribution in [0.2, 0.25) is 0 Å². The Labute approximate surface area is 124 Å². The van der Waals surface area contributed by atoms with Crippen molar-refractivity contribution in [1.29, 1.82) is 5.26 Å². The van der Waals surface area contributed by atoms with Gasteiger partial charge >= 0.3 is 0 Å². The lowest BCUT2D eigenvalue weighted by molar-refractivity contribution is 0.588. The Morgan fingerprint density at radius 2 is 1.86 bits per heavy atom. The van der Waals surface area contributed by atoms with E-state index in [2.05, 4.69) is 10.0 Å². The highest BCUT2D eigenvalue weighted by Gasteiger charge is 2.13. The predicted molar refractivity (Wildman–Crippen MR) is 81.2 cm³/mol. The molecule has 0 aliphatic heterocycles. The van der Waals surface area contributed by atoms with Crippen molar-refractivity contribution in [2.45, 2.75) is 11.4 Å². The summed E-state index contributed by atoms with van der Waals surface area (Å²) in [4.78, 5) is 0.0758. The summed E-state index contributed by atoms with van der Waals surface area (Å²) in [5.41, 5.74) is 1.98. The van der Waals surface area contributed by atoms with Gasteiger partial charge in [-0.1, -0.05) is 30.3 Å². The van der Waals surface area contributed by atoms with Gasteiger partial charge in [0, 0.05) is 6.54 Å². The molecule has 0 aliphatic rings. The van der Waals surface area contributed by atoms with Gasteiger partial charge in [-0.05, 0) is 30.8 Å². The molecule has 2 aromatic carbocycles. The fourth-order valence-corrected chi connectivity index (χ4v) is 2.60. The summed E-state index contributed by atoms with van der Waals surface area (Å²) in [6, 6.07) is 16.2. The molecule has 0 saturated carbocycles. The van der Waals surface area contributed by atoms with Crippen LogP contribution in [0.1, 0.15) is 11.1 Å². The molecular formula is C15H15N3O2S. The average molecular weight is 301 g/mol. The number of nitrogens with one attached hydrogen (secondary N) is 2. The first-order chi connectivity index (χ1) is 10.1. The molecule has 2 aromatic rings. The molecule has 0 atom stereocenters. The molecule has 0 bridgehead atoms. The molecule has 2 rings (SSSR count). The monoisotopic (exact) mass is 301 g/mol. The van der Waals surface area contributed by atoms with Crippen LogP contribution in [0.25, 0.3) is 0 Å². The summed E-state index contributed by atoms with van der Waals surface area (Å²) in [7, 11) is -2.21. The standard InChI is InChI=1S/C15H15N3O2S/c1-17-21(19,20)14-7-8-15(13(9-14)10-16)18-11-12-5-3-2-4-6-12/h2-9,17-18H,11H2,1H3. The Kier molecular flexibility index (Phi) is 4.58. The molecule has 0 unspecified atom stereocenters. The highest BCUT2D eigenvalue weighted by molar-refractivity contribution is 7.89. The zero-order valence-corrected chi connectivity index (χ0v) is 12.3. The zero-order chi connectivity index (χ0) is 15.3. The highest BCUT2D eigenvalue weighted by Crippen LogP contribution is 2.20. The van der Waals surface area contributed by atoms with Crippen LogP contribution in [0.15, 0.2) is 53.4 Å². The summed E-state index contributed by atoms with van der Waals surface area (Å²) in [5, 5.41) is 12.3. The molecule has 0 aliphatic carbocycles. The molecule has 0 fully saturated rings. The highest BCUT2D eigenvalue weighted by atomic mass is 32.2. The molecule has 5 nitrogen and oxygen atoms in total. The fourth-order valence-electron chi connectivity index (χ4n) is 1.85. The van der Waals surface area contributed by atoms with Crippen molar-refractivity contribution in [3.8, 4) is 6.07 Å². The van der Waals surface area contributed by atoms with Crippen molar-refractivity contribution >= 4 is 15.7 Å². The van der Waals surface area contributed by atoms with Gasteiger partial charge in [-0.25, -0.2) is 13.1 Å². The maximum atomic E-state index is 11.7. The Hall–Kier alpha value is -2.36. The molecule has 0 saturated heterocycles. The third-order valence-electron chi connectivity index (χ3n) is 3.02. The maximum absolute atomic E-state index is 11.7. The molecular weight excluding hydrogens is 286 g/mol. The van der Waals surface area contributed by atoms with Crippen LogP contribution in [-0.4, -0.2) is 15.5 Å². The van der Waals surface area contributed by atoms with Crippen LogP contribution in [0.3, 0.4) is 0 Å². The molecule has 0 aromatic heterocycles. The molecule has 2 N–H and O–H groups in total. The molecule has 108 valence electrons. The Bertz CT molecular complexity index is 765. The fraction of sp³-hybridized carbons (Fsp3) is 0.133. The van der Waals surface area contributed by atoms with Crippen molar-refractivity contribution < 1.29 is 8.42 Å². The number of nitrogens with zero attached hydrogens (tertiary/aromatic N) is 1. The van der Waals surface area contributed by atoms with E-state index < -0.39 is 10.0 Å². The van der Waals surface area contributed by atoms with Gasteiger partial charge in [0.1, 0.15) is 6.07 Å². The lowest BCUT2D eigenvalue weighted by atomic mass is 10.1. The van der Waals surface area contributed by atoms with Crippen molar-refractivity contribution in [2.75, 3.05) is 12.4 Å². The lowest BCUT2D eigenvalue weighted by Gasteiger charge is -2.10. The Morgan fingerprint density at radius 3 is 2.48 bits per heavy atom. The van der Waals surface area contributed by atoms with Gasteiger partial charge < -0.3 is 5.32 Å². The first kappa shape index (κ1) is 15.0. The van der Waals surface area contributed by atoms with E-state index in [1.165, 1.54) is 19.2 Å². The summed E-state index contributed by atoms with van der Waals surface area (Å²) in [6.45, 7) is 0.563. The van der Waals surface area contributed by atoms with Crippen molar-refractivity contribution in [2.24, 2.45) is 0 Å². The number of nitriles is 1. The summed E-state index contributed by atoms with van der Waals surface area (Å²) < 4.78 is 25.7. The van der Waals surface area contributed by atoms with Crippen molar-refractivity contribution in [3.63, 3.8) is 0 Å². The SMILES string of the molecule is CNS(=O)(=O)c1ccc(NCc2ccccc2)c(C#N)c1. The van der Waals surface area contributed by atoms with Crippen molar-refractivity contribution in [1.82, 2.24) is 4.72 Å². The van der Waals surface area contributed by atoms with Crippen LogP contribution in [0.4, 0.5) is 5.69 Å². The summed E-state index contributed by atoms with van der Waals surface area (Å²) >= 11 is 0. The first-order valence-electron chi connectivity index (χ1n) is 6.32. The van der Waals surface area contributed by atoms with Gasteiger partial charge in [-0.15, -0.1) is 0 Å². The van der Waals surface area contributed by atoms with Crippen LogP contribution in [0.5, 0.6) is 0 Å². The largest absolute Gasteiger partial charge is 0.380 e. The maximum Gasteiger partial charge on any atom is 0.240 e. The number of sulfonamides is 1. The van der Waals surface area contributed by atoms with Gasteiger partial charge in [0.05, 0.1) is 16.1 Å². The quantitative estimate of drug-likeness (QED) is 0.886. The van der Waals surface area contributed by atoms with E-state index in [0.29, 0.717) is 17.8 Å². The second-order valence-electron chi connectivity index (χ2n) is 4.37. The molecule has 21 heavy (non-hydrogen) atoms. The normalized spacial score (nSPS) is 10.9. The second-order valence-corrected chi connectivity index (χ2v) is 6.25. The van der Waals surface area contributed by atoms with Gasteiger partial charge in [0.15, 0.2) is 0 Å². The van der Waals surface area contributed by atoms with Crippen LogP contribution < -0.4 is 10.0 Å². The molecule has 0 amide bonds. The van der Waals surface area contributed by atoms with E-state index in [-0.39, 0.29) is 4.90 Å². The van der Waals surface area contributed by atoms with Crippen LogP contribution >= 0.6 is 0 Å². The zero-order valence-electron chi connectivity index (χ0n) is 11.5. The molecule has 0 spiro atoms. The number of hydrogen-bond acceptors (Lipinski definition) is 4. The van der Waals surface area contributed by atoms with E-state index in [4.69, 9.17) is 0 Å². The minimum Gasteiger partial charge on any atom is -0.380 e. The Balaban J connectivity index is 2.24. The van der Waals surface area contributed by atoms with Crippen molar-refractivity contribution in [3.05, 3.63) is 59.7 Å². The molecule has 6 heteroatoms. The third-order valence-corrected chi connectivity index (χ3v) is 4.43. The van der Waals surface area contributed by atoms with Crippen LogP contribution in [-0.2, 0) is 16.6 Å². The summed E-state index contributed by atoms with van der Waals surface area (Å²) in [5.74, 6) is 0. The second kappa shape index (κ2) is 6.39. The predicted octanol–water partition coefficient (Wildman–Crippen LogP) is 2.08. The van der Waals surface area contributed by atoms with E-state index >= 15 is 0 Å².